The number of fused-ring (bicyclic) bond motifs is 1. The molecule has 0 N–H and O–H groups in total. The number of benzene rings is 1. The molecule has 1 aromatic carbocycles. The van der Waals surface area contributed by atoms with Crippen molar-refractivity contribution >= 4 is 11.0 Å². The molecule has 0 radical (unpaired) electrons. The summed E-state index contributed by atoms with van der Waals surface area (Å²) in [6.07, 6.45) is 1.88. The molecular weight excluding hydrogens is 262 g/mol. The molecule has 0 aliphatic carbocycles. The smallest absolute Gasteiger partial charge is 0.122 e. The Labute approximate surface area is 124 Å². The Morgan fingerprint density at radius 1 is 1.05 bits per heavy atom. The maximum absolute atomic E-state index is 5.31. The van der Waals surface area contributed by atoms with E-state index in [2.05, 4.69) is 40.5 Å². The second kappa shape index (κ2) is 5.20. The highest BCUT2D eigenvalue weighted by molar-refractivity contribution is 5.77. The number of methoxy groups -OCH3 is 1. The minimum Gasteiger partial charge on any atom is -0.497 e. The fourth-order valence-electron chi connectivity index (χ4n) is 2.52. The van der Waals surface area contributed by atoms with Crippen molar-refractivity contribution in [1.82, 2.24) is 14.5 Å². The summed E-state index contributed by atoms with van der Waals surface area (Å²) in [6.45, 7) is 6.91. The molecule has 0 unspecified atom stereocenters. The first-order valence-corrected chi connectivity index (χ1v) is 7.00. The molecule has 2 heterocycles. The summed E-state index contributed by atoms with van der Waals surface area (Å²) >= 11 is 0. The second-order valence-electron chi connectivity index (χ2n) is 5.44. The minimum atomic E-state index is 0.692. The zero-order valence-electron chi connectivity index (χ0n) is 12.8. The van der Waals surface area contributed by atoms with Crippen LogP contribution < -0.4 is 4.74 Å². The van der Waals surface area contributed by atoms with E-state index < -0.39 is 0 Å². The van der Waals surface area contributed by atoms with Crippen LogP contribution in [0.3, 0.4) is 0 Å². The van der Waals surface area contributed by atoms with Gasteiger partial charge in [0.25, 0.3) is 0 Å². The van der Waals surface area contributed by atoms with Gasteiger partial charge in [-0.1, -0.05) is 0 Å². The lowest BCUT2D eigenvalue weighted by molar-refractivity contribution is 0.413. The van der Waals surface area contributed by atoms with Gasteiger partial charge in [0.1, 0.15) is 5.75 Å². The Morgan fingerprint density at radius 2 is 1.81 bits per heavy atom. The molecule has 0 spiro atoms. The Kier molecular flexibility index (Phi) is 3.37. The van der Waals surface area contributed by atoms with Crippen molar-refractivity contribution in [3.05, 3.63) is 53.1 Å². The van der Waals surface area contributed by atoms with Crippen LogP contribution in [0.25, 0.3) is 11.0 Å². The summed E-state index contributed by atoms with van der Waals surface area (Å²) in [6, 6.07) is 8.22. The molecule has 0 fully saturated rings. The first kappa shape index (κ1) is 13.6. The van der Waals surface area contributed by atoms with Crippen LogP contribution in [0.4, 0.5) is 0 Å². The van der Waals surface area contributed by atoms with E-state index in [1.54, 1.807) is 7.11 Å². The summed E-state index contributed by atoms with van der Waals surface area (Å²) in [5, 5.41) is 0. The Hall–Kier alpha value is -2.36. The van der Waals surface area contributed by atoms with Crippen LogP contribution in [-0.4, -0.2) is 21.6 Å². The SMILES string of the molecule is COc1cc(C)nc(Cn2cnc3cc(C)c(C)cc32)c1. The van der Waals surface area contributed by atoms with Crippen LogP contribution in [0.2, 0.25) is 0 Å². The average Bonchev–Trinajstić information content (AvgIpc) is 2.81. The molecule has 0 bridgehead atoms. The Morgan fingerprint density at radius 3 is 2.57 bits per heavy atom. The molecule has 3 aromatic rings. The van der Waals surface area contributed by atoms with Crippen LogP contribution in [0.1, 0.15) is 22.5 Å². The fraction of sp³-hybridized carbons (Fsp3) is 0.294. The maximum atomic E-state index is 5.31. The number of hydrogen-bond acceptors (Lipinski definition) is 3. The van der Waals surface area contributed by atoms with Crippen molar-refractivity contribution in [1.29, 1.82) is 0 Å². The highest BCUT2D eigenvalue weighted by atomic mass is 16.5. The van der Waals surface area contributed by atoms with Gasteiger partial charge in [-0.15, -0.1) is 0 Å². The van der Waals surface area contributed by atoms with Crippen molar-refractivity contribution in [2.24, 2.45) is 0 Å². The van der Waals surface area contributed by atoms with Gasteiger partial charge < -0.3 is 9.30 Å². The monoisotopic (exact) mass is 281 g/mol. The zero-order valence-corrected chi connectivity index (χ0v) is 12.8. The van der Waals surface area contributed by atoms with Crippen molar-refractivity contribution in [3.8, 4) is 5.75 Å². The minimum absolute atomic E-state index is 0.692. The molecule has 0 saturated heterocycles. The lowest BCUT2D eigenvalue weighted by Crippen LogP contribution is -2.02. The number of rotatable bonds is 3. The standard InChI is InChI=1S/C17H19N3O/c1-11-5-16-17(6-12(11)2)20(10-18-16)9-14-8-15(21-4)7-13(3)19-14/h5-8,10H,9H2,1-4H3. The number of hydrogen-bond donors (Lipinski definition) is 0. The van der Waals surface area contributed by atoms with Crippen molar-refractivity contribution in [3.63, 3.8) is 0 Å². The van der Waals surface area contributed by atoms with Gasteiger partial charge in [-0.3, -0.25) is 4.98 Å². The molecule has 0 aliphatic rings. The van der Waals surface area contributed by atoms with Crippen LogP contribution in [0.5, 0.6) is 5.75 Å². The molecule has 3 rings (SSSR count). The number of imidazole rings is 1. The van der Waals surface area contributed by atoms with Crippen LogP contribution in [0.15, 0.2) is 30.6 Å². The average molecular weight is 281 g/mol. The number of ether oxygens (including phenoxy) is 1. The predicted octanol–water partition coefficient (Wildman–Crippen LogP) is 3.41. The van der Waals surface area contributed by atoms with E-state index >= 15 is 0 Å². The van der Waals surface area contributed by atoms with Crippen LogP contribution in [-0.2, 0) is 6.54 Å². The normalized spacial score (nSPS) is 11.0. The summed E-state index contributed by atoms with van der Waals surface area (Å²) < 4.78 is 7.44. The Bertz CT molecular complexity index is 805. The third kappa shape index (κ3) is 2.61. The first-order chi connectivity index (χ1) is 10.1. The summed E-state index contributed by atoms with van der Waals surface area (Å²) in [5.41, 5.74) is 6.64. The molecule has 21 heavy (non-hydrogen) atoms. The lowest BCUT2D eigenvalue weighted by atomic mass is 10.1. The van der Waals surface area contributed by atoms with Gasteiger partial charge in [-0.25, -0.2) is 4.98 Å². The number of aromatic nitrogens is 3. The van der Waals surface area contributed by atoms with Crippen molar-refractivity contribution in [2.45, 2.75) is 27.3 Å². The quantitative estimate of drug-likeness (QED) is 0.738. The summed E-state index contributed by atoms with van der Waals surface area (Å²) in [5.74, 6) is 0.842. The van der Waals surface area contributed by atoms with Crippen molar-refractivity contribution in [2.75, 3.05) is 7.11 Å². The third-order valence-electron chi connectivity index (χ3n) is 3.78. The third-order valence-corrected chi connectivity index (χ3v) is 3.78. The highest BCUT2D eigenvalue weighted by Crippen LogP contribution is 2.20. The number of aryl methyl sites for hydroxylation is 3. The second-order valence-corrected chi connectivity index (χ2v) is 5.44. The molecule has 108 valence electrons. The number of nitrogens with zero attached hydrogens (tertiary/aromatic N) is 3. The van der Waals surface area contributed by atoms with Gasteiger partial charge in [0, 0.05) is 17.8 Å². The summed E-state index contributed by atoms with van der Waals surface area (Å²) in [4.78, 5) is 9.06. The van der Waals surface area contributed by atoms with E-state index in [1.807, 2.05) is 25.4 Å². The van der Waals surface area contributed by atoms with Crippen LogP contribution >= 0.6 is 0 Å². The van der Waals surface area contributed by atoms with E-state index in [-0.39, 0.29) is 0 Å². The van der Waals surface area contributed by atoms with E-state index in [0.717, 1.165) is 28.2 Å². The van der Waals surface area contributed by atoms with Gasteiger partial charge in [0.15, 0.2) is 0 Å². The van der Waals surface area contributed by atoms with E-state index in [0.29, 0.717) is 6.54 Å². The van der Waals surface area contributed by atoms with Gasteiger partial charge in [-0.05, 0) is 44.0 Å². The summed E-state index contributed by atoms with van der Waals surface area (Å²) in [7, 11) is 1.68. The zero-order chi connectivity index (χ0) is 15.0. The topological polar surface area (TPSA) is 39.9 Å². The van der Waals surface area contributed by atoms with Gasteiger partial charge in [0.05, 0.1) is 36.7 Å². The van der Waals surface area contributed by atoms with Crippen LogP contribution in [0, 0.1) is 20.8 Å². The molecule has 4 heteroatoms. The predicted molar refractivity (Wildman–Crippen MR) is 83.8 cm³/mol. The molecule has 0 aliphatic heterocycles. The van der Waals surface area contributed by atoms with Crippen molar-refractivity contribution < 1.29 is 4.74 Å². The first-order valence-electron chi connectivity index (χ1n) is 7.00. The molecular formula is C17H19N3O. The molecule has 0 saturated carbocycles. The molecule has 0 atom stereocenters. The van der Waals surface area contributed by atoms with E-state index in [1.165, 1.54) is 11.1 Å². The Balaban J connectivity index is 2.02. The lowest BCUT2D eigenvalue weighted by Gasteiger charge is -2.08. The van der Waals surface area contributed by atoms with Gasteiger partial charge >= 0.3 is 0 Å². The fourth-order valence-corrected chi connectivity index (χ4v) is 2.52. The van der Waals surface area contributed by atoms with Gasteiger partial charge in [-0.2, -0.15) is 0 Å². The number of pyridine rings is 1. The largest absolute Gasteiger partial charge is 0.497 e. The molecule has 2 aromatic heterocycles. The maximum Gasteiger partial charge on any atom is 0.122 e. The van der Waals surface area contributed by atoms with E-state index in [9.17, 15) is 0 Å². The van der Waals surface area contributed by atoms with E-state index in [4.69, 9.17) is 4.74 Å². The highest BCUT2D eigenvalue weighted by Gasteiger charge is 2.07. The van der Waals surface area contributed by atoms with Gasteiger partial charge in [0.2, 0.25) is 0 Å². The molecule has 4 nitrogen and oxygen atoms in total. The molecule has 0 amide bonds.